The van der Waals surface area contributed by atoms with Gasteiger partial charge in [0.15, 0.2) is 0 Å². The SMILES string of the molecule is C=CC(=O)NC(=O)[C@@H](N)CCCN. The van der Waals surface area contributed by atoms with Gasteiger partial charge in [-0.3, -0.25) is 14.9 Å². The molecule has 0 fully saturated rings. The van der Waals surface area contributed by atoms with E-state index in [1.54, 1.807) is 0 Å². The van der Waals surface area contributed by atoms with Crippen molar-refractivity contribution in [1.82, 2.24) is 5.32 Å². The van der Waals surface area contributed by atoms with Gasteiger partial charge in [-0.05, 0) is 25.5 Å². The zero-order valence-electron chi connectivity index (χ0n) is 7.45. The summed E-state index contributed by atoms with van der Waals surface area (Å²) in [6.45, 7) is 3.69. The monoisotopic (exact) mass is 185 g/mol. The number of nitrogens with two attached hydrogens (primary N) is 2. The van der Waals surface area contributed by atoms with Crippen LogP contribution in [0, 0.1) is 0 Å². The van der Waals surface area contributed by atoms with Crippen molar-refractivity contribution in [3.63, 3.8) is 0 Å². The van der Waals surface area contributed by atoms with Crippen LogP contribution in [0.1, 0.15) is 12.8 Å². The molecule has 5 N–H and O–H groups in total. The van der Waals surface area contributed by atoms with E-state index >= 15 is 0 Å². The van der Waals surface area contributed by atoms with Crippen LogP contribution in [0.15, 0.2) is 12.7 Å². The molecule has 0 aromatic heterocycles. The van der Waals surface area contributed by atoms with E-state index in [0.717, 1.165) is 6.08 Å². The van der Waals surface area contributed by atoms with Crippen LogP contribution in [-0.2, 0) is 9.59 Å². The molecule has 0 aromatic rings. The lowest BCUT2D eigenvalue weighted by atomic mass is 10.1. The molecule has 0 aromatic carbocycles. The quantitative estimate of drug-likeness (QED) is 0.472. The highest BCUT2D eigenvalue weighted by Crippen LogP contribution is 1.92. The van der Waals surface area contributed by atoms with E-state index < -0.39 is 17.9 Å². The summed E-state index contributed by atoms with van der Waals surface area (Å²) in [5.41, 5.74) is 10.7. The molecule has 2 amide bonds. The summed E-state index contributed by atoms with van der Waals surface area (Å²) in [5, 5.41) is 2.08. The third-order valence-corrected chi connectivity index (χ3v) is 1.49. The molecule has 5 nitrogen and oxygen atoms in total. The first-order valence-corrected chi connectivity index (χ1v) is 4.04. The van der Waals surface area contributed by atoms with Crippen molar-refractivity contribution in [2.75, 3.05) is 6.54 Å². The highest BCUT2D eigenvalue weighted by molar-refractivity contribution is 6.02. The lowest BCUT2D eigenvalue weighted by Gasteiger charge is -2.08. The molecule has 0 radical (unpaired) electrons. The molecule has 0 saturated heterocycles. The normalized spacial score (nSPS) is 11.8. The molecule has 0 aliphatic heterocycles. The second kappa shape index (κ2) is 6.33. The van der Waals surface area contributed by atoms with Crippen LogP contribution in [0.3, 0.4) is 0 Å². The minimum Gasteiger partial charge on any atom is -0.330 e. The van der Waals surface area contributed by atoms with Crippen molar-refractivity contribution in [2.45, 2.75) is 18.9 Å². The standard InChI is InChI=1S/C8H15N3O2/c1-2-7(12)11-8(13)6(10)4-3-5-9/h2,6H,1,3-5,9-10H2,(H,11,12,13)/t6-/m0/s1. The highest BCUT2D eigenvalue weighted by atomic mass is 16.2. The number of hydrogen-bond donors (Lipinski definition) is 3. The third-order valence-electron chi connectivity index (χ3n) is 1.49. The third kappa shape index (κ3) is 5.10. The number of rotatable bonds is 5. The molecule has 0 bridgehead atoms. The Hall–Kier alpha value is -1.20. The molecule has 0 spiro atoms. The second-order valence-electron chi connectivity index (χ2n) is 2.60. The van der Waals surface area contributed by atoms with Crippen LogP contribution in [0.4, 0.5) is 0 Å². The number of nitrogens with one attached hydrogen (secondary N) is 1. The fraction of sp³-hybridized carbons (Fsp3) is 0.500. The number of amides is 2. The Morgan fingerprint density at radius 2 is 2.15 bits per heavy atom. The van der Waals surface area contributed by atoms with E-state index in [9.17, 15) is 9.59 Å². The molecular formula is C8H15N3O2. The Morgan fingerprint density at radius 1 is 1.54 bits per heavy atom. The molecular weight excluding hydrogens is 170 g/mol. The zero-order valence-corrected chi connectivity index (χ0v) is 7.45. The smallest absolute Gasteiger partial charge is 0.249 e. The van der Waals surface area contributed by atoms with Gasteiger partial charge >= 0.3 is 0 Å². The summed E-state index contributed by atoms with van der Waals surface area (Å²) in [6.07, 6.45) is 2.16. The van der Waals surface area contributed by atoms with E-state index in [2.05, 4.69) is 11.9 Å². The largest absolute Gasteiger partial charge is 0.330 e. The molecule has 0 heterocycles. The lowest BCUT2D eigenvalue weighted by Crippen LogP contribution is -2.42. The van der Waals surface area contributed by atoms with Gasteiger partial charge in [0.2, 0.25) is 11.8 Å². The number of carbonyl (C=O) groups excluding carboxylic acids is 2. The summed E-state index contributed by atoms with van der Waals surface area (Å²) in [7, 11) is 0. The maximum absolute atomic E-state index is 11.1. The van der Waals surface area contributed by atoms with Crippen LogP contribution in [0.2, 0.25) is 0 Å². The van der Waals surface area contributed by atoms with Gasteiger partial charge in [0, 0.05) is 0 Å². The molecule has 5 heteroatoms. The zero-order chi connectivity index (χ0) is 10.3. The molecule has 0 aliphatic rings. The predicted molar refractivity (Wildman–Crippen MR) is 49.6 cm³/mol. The maximum Gasteiger partial charge on any atom is 0.249 e. The van der Waals surface area contributed by atoms with Crippen molar-refractivity contribution in [2.24, 2.45) is 11.5 Å². The van der Waals surface area contributed by atoms with Gasteiger partial charge in [0.25, 0.3) is 0 Å². The van der Waals surface area contributed by atoms with Crippen molar-refractivity contribution in [3.05, 3.63) is 12.7 Å². The van der Waals surface area contributed by atoms with E-state index in [1.807, 2.05) is 0 Å². The average molecular weight is 185 g/mol. The van der Waals surface area contributed by atoms with Crippen LogP contribution in [-0.4, -0.2) is 24.4 Å². The summed E-state index contributed by atoms with van der Waals surface area (Å²) in [4.78, 5) is 21.7. The topological polar surface area (TPSA) is 98.2 Å². The van der Waals surface area contributed by atoms with Gasteiger partial charge in [0.05, 0.1) is 6.04 Å². The van der Waals surface area contributed by atoms with E-state index in [0.29, 0.717) is 19.4 Å². The van der Waals surface area contributed by atoms with Crippen molar-refractivity contribution in [3.8, 4) is 0 Å². The minimum atomic E-state index is -0.674. The molecule has 74 valence electrons. The summed E-state index contributed by atoms with van der Waals surface area (Å²) < 4.78 is 0. The Balaban J connectivity index is 3.81. The molecule has 0 rings (SSSR count). The number of imide groups is 1. The Bertz CT molecular complexity index is 204. The number of carbonyl (C=O) groups is 2. The van der Waals surface area contributed by atoms with Gasteiger partial charge in [-0.15, -0.1) is 0 Å². The Kier molecular flexibility index (Phi) is 5.75. The minimum absolute atomic E-state index is 0.479. The first-order valence-electron chi connectivity index (χ1n) is 4.04. The fourth-order valence-corrected chi connectivity index (χ4v) is 0.734. The van der Waals surface area contributed by atoms with Gasteiger partial charge in [-0.2, -0.15) is 0 Å². The molecule has 1 atom stereocenters. The molecule has 0 unspecified atom stereocenters. The molecule has 0 aliphatic carbocycles. The second-order valence-corrected chi connectivity index (χ2v) is 2.60. The van der Waals surface area contributed by atoms with Crippen molar-refractivity contribution >= 4 is 11.8 Å². The first-order chi connectivity index (χ1) is 6.11. The highest BCUT2D eigenvalue weighted by Gasteiger charge is 2.13. The predicted octanol–water partition coefficient (Wildman–Crippen LogP) is -1.12. The summed E-state index contributed by atoms with van der Waals surface area (Å²) in [5.74, 6) is -1.02. The maximum atomic E-state index is 11.1. The van der Waals surface area contributed by atoms with Gasteiger partial charge in [-0.1, -0.05) is 6.58 Å². The van der Waals surface area contributed by atoms with Crippen LogP contribution < -0.4 is 16.8 Å². The molecule has 0 saturated carbocycles. The van der Waals surface area contributed by atoms with Crippen molar-refractivity contribution < 1.29 is 9.59 Å². The van der Waals surface area contributed by atoms with E-state index in [1.165, 1.54) is 0 Å². The fourth-order valence-electron chi connectivity index (χ4n) is 0.734. The average Bonchev–Trinajstić information content (AvgIpc) is 2.13. The van der Waals surface area contributed by atoms with Crippen LogP contribution >= 0.6 is 0 Å². The number of hydrogen-bond acceptors (Lipinski definition) is 4. The van der Waals surface area contributed by atoms with Gasteiger partial charge < -0.3 is 11.5 Å². The van der Waals surface area contributed by atoms with Gasteiger partial charge in [-0.25, -0.2) is 0 Å². The summed E-state index contributed by atoms with van der Waals surface area (Å²) in [6, 6.07) is -0.674. The first kappa shape index (κ1) is 11.8. The van der Waals surface area contributed by atoms with Crippen LogP contribution in [0.25, 0.3) is 0 Å². The Labute approximate surface area is 77.2 Å². The Morgan fingerprint density at radius 3 is 2.62 bits per heavy atom. The van der Waals surface area contributed by atoms with E-state index in [4.69, 9.17) is 11.5 Å². The van der Waals surface area contributed by atoms with E-state index in [-0.39, 0.29) is 0 Å². The lowest BCUT2D eigenvalue weighted by molar-refractivity contribution is -0.128. The van der Waals surface area contributed by atoms with Crippen LogP contribution in [0.5, 0.6) is 0 Å². The van der Waals surface area contributed by atoms with Gasteiger partial charge in [0.1, 0.15) is 0 Å². The van der Waals surface area contributed by atoms with Crippen molar-refractivity contribution in [1.29, 1.82) is 0 Å². The molecule has 13 heavy (non-hydrogen) atoms. The summed E-state index contributed by atoms with van der Waals surface area (Å²) >= 11 is 0.